The average Bonchev–Trinajstić information content (AvgIpc) is 2.75. The number of aryl methyl sites for hydroxylation is 2. The van der Waals surface area contributed by atoms with Gasteiger partial charge in [0.25, 0.3) is 0 Å². The topological polar surface area (TPSA) is 49.7 Å². The zero-order chi connectivity index (χ0) is 25.6. The van der Waals surface area contributed by atoms with Crippen molar-refractivity contribution in [2.24, 2.45) is 0 Å². The van der Waals surface area contributed by atoms with Crippen LogP contribution in [0.15, 0.2) is 48.5 Å². The van der Waals surface area contributed by atoms with E-state index in [0.717, 1.165) is 32.1 Å². The fourth-order valence-electron chi connectivity index (χ4n) is 4.85. The molecule has 190 valence electrons. The first-order valence-electron chi connectivity index (χ1n) is 13.0. The van der Waals surface area contributed by atoms with Gasteiger partial charge in [-0.25, -0.2) is 0 Å². The predicted molar refractivity (Wildman–Crippen MR) is 151 cm³/mol. The van der Waals surface area contributed by atoms with E-state index in [9.17, 15) is 10.2 Å². The summed E-state index contributed by atoms with van der Waals surface area (Å²) in [5, 5.41) is 19.2. The minimum atomic E-state index is -1.99. The van der Waals surface area contributed by atoms with Crippen LogP contribution in [0.4, 0.5) is 0 Å². The molecule has 0 amide bonds. The smallest absolute Gasteiger partial charge is 0.192 e. The van der Waals surface area contributed by atoms with E-state index < -0.39 is 16.4 Å². The summed E-state index contributed by atoms with van der Waals surface area (Å²) in [6.45, 7) is 19.3. The molecule has 0 aliphatic rings. The number of phenols is 2. The van der Waals surface area contributed by atoms with Crippen LogP contribution in [0.1, 0.15) is 64.5 Å². The van der Waals surface area contributed by atoms with Gasteiger partial charge in [-0.15, -0.1) is 0 Å². The lowest BCUT2D eigenvalue weighted by Gasteiger charge is -2.51. The Morgan fingerprint density at radius 2 is 1.18 bits per heavy atom. The van der Waals surface area contributed by atoms with Crippen LogP contribution in [-0.4, -0.2) is 31.8 Å². The molecule has 2 N–H and O–H groups in total. The van der Waals surface area contributed by atoms with E-state index in [-0.39, 0.29) is 10.3 Å². The van der Waals surface area contributed by atoms with E-state index in [1.54, 1.807) is 24.3 Å². The van der Waals surface area contributed by atoms with Gasteiger partial charge in [0.05, 0.1) is 8.07 Å². The fourth-order valence-corrected chi connectivity index (χ4v) is 11.5. The Bertz CT molecular complexity index is 889. The van der Waals surface area contributed by atoms with Gasteiger partial charge < -0.3 is 14.6 Å². The van der Waals surface area contributed by atoms with Gasteiger partial charge in [0.1, 0.15) is 11.5 Å². The number of rotatable bonds is 13. The summed E-state index contributed by atoms with van der Waals surface area (Å²) in [5.74, 6) is 0.670. The van der Waals surface area contributed by atoms with E-state index >= 15 is 0 Å². The fraction of sp³-hybridized carbons (Fsp3) is 0.586. The molecule has 1 atom stereocenters. The normalized spacial score (nSPS) is 14.7. The van der Waals surface area contributed by atoms with E-state index in [4.69, 9.17) is 4.43 Å². The van der Waals surface area contributed by atoms with Gasteiger partial charge in [0.15, 0.2) is 8.32 Å². The second-order valence-electron chi connectivity index (χ2n) is 12.0. The van der Waals surface area contributed by atoms with Crippen molar-refractivity contribution in [3.05, 3.63) is 59.7 Å². The van der Waals surface area contributed by atoms with Crippen molar-refractivity contribution in [3.8, 4) is 11.5 Å². The van der Waals surface area contributed by atoms with Crippen LogP contribution in [0.3, 0.4) is 0 Å². The Hall–Kier alpha value is -1.57. The maximum atomic E-state index is 9.53. The van der Waals surface area contributed by atoms with Gasteiger partial charge >= 0.3 is 0 Å². The molecule has 2 rings (SSSR count). The lowest BCUT2D eigenvalue weighted by atomic mass is 9.98. The number of phenolic OH excluding ortho intramolecular Hbond substituents is 2. The van der Waals surface area contributed by atoms with Crippen LogP contribution >= 0.6 is 0 Å². The molecule has 0 fully saturated rings. The van der Waals surface area contributed by atoms with Gasteiger partial charge in [0, 0.05) is 5.22 Å². The van der Waals surface area contributed by atoms with E-state index in [1.165, 1.54) is 23.6 Å². The number of hydrogen-bond donors (Lipinski definition) is 2. The van der Waals surface area contributed by atoms with Crippen LogP contribution in [-0.2, 0) is 17.3 Å². The lowest BCUT2D eigenvalue weighted by molar-refractivity contribution is 0.156. The van der Waals surface area contributed by atoms with Gasteiger partial charge in [0.2, 0.25) is 0 Å². The Balaban J connectivity index is 1.99. The number of benzene rings is 2. The maximum absolute atomic E-state index is 9.53. The zero-order valence-electron chi connectivity index (χ0n) is 22.9. The largest absolute Gasteiger partial charge is 0.508 e. The molecule has 34 heavy (non-hydrogen) atoms. The highest BCUT2D eigenvalue weighted by Gasteiger charge is 2.50. The van der Waals surface area contributed by atoms with Gasteiger partial charge in [-0.2, -0.15) is 0 Å². The maximum Gasteiger partial charge on any atom is 0.192 e. The van der Waals surface area contributed by atoms with Crippen LogP contribution in [0.2, 0.25) is 37.3 Å². The summed E-state index contributed by atoms with van der Waals surface area (Å²) in [6.07, 6.45) is 6.71. The van der Waals surface area contributed by atoms with Gasteiger partial charge in [-0.05, 0) is 93.1 Å². The first-order chi connectivity index (χ1) is 15.7. The third kappa shape index (κ3) is 7.46. The Kier molecular flexibility index (Phi) is 9.65. The van der Waals surface area contributed by atoms with Crippen molar-refractivity contribution < 1.29 is 14.6 Å². The Morgan fingerprint density at radius 1 is 0.735 bits per heavy atom. The Labute approximate surface area is 210 Å². The van der Waals surface area contributed by atoms with Crippen molar-refractivity contribution in [1.29, 1.82) is 0 Å². The molecular formula is C29H48O3Si2. The second-order valence-corrected chi connectivity index (χ2v) is 21.9. The highest BCUT2D eigenvalue weighted by molar-refractivity contribution is 6.82. The first-order valence-corrected chi connectivity index (χ1v) is 19.1. The van der Waals surface area contributed by atoms with Crippen molar-refractivity contribution in [3.63, 3.8) is 0 Å². The average molecular weight is 501 g/mol. The van der Waals surface area contributed by atoms with Crippen molar-refractivity contribution >= 4 is 16.4 Å². The minimum Gasteiger partial charge on any atom is -0.508 e. The second kappa shape index (κ2) is 11.4. The van der Waals surface area contributed by atoms with Crippen LogP contribution in [0.5, 0.6) is 11.5 Å². The third-order valence-electron chi connectivity index (χ3n) is 8.71. The molecule has 0 saturated carbocycles. The molecule has 1 unspecified atom stereocenters. The van der Waals surface area contributed by atoms with E-state index in [2.05, 4.69) is 53.9 Å². The molecule has 2 aromatic rings. The van der Waals surface area contributed by atoms with Crippen molar-refractivity contribution in [2.45, 2.75) is 109 Å². The summed E-state index contributed by atoms with van der Waals surface area (Å²) < 4.78 is 7.22. The highest BCUT2D eigenvalue weighted by atomic mass is 28.4. The molecule has 5 heteroatoms. The van der Waals surface area contributed by atoms with Gasteiger partial charge in [-0.1, -0.05) is 70.1 Å². The predicted octanol–water partition coefficient (Wildman–Crippen LogP) is 8.47. The Morgan fingerprint density at radius 3 is 1.62 bits per heavy atom. The summed E-state index contributed by atoms with van der Waals surface area (Å²) >= 11 is 0. The van der Waals surface area contributed by atoms with E-state index in [1.807, 2.05) is 24.3 Å². The van der Waals surface area contributed by atoms with Crippen LogP contribution in [0.25, 0.3) is 0 Å². The van der Waals surface area contributed by atoms with Crippen molar-refractivity contribution in [2.75, 3.05) is 0 Å². The summed E-state index contributed by atoms with van der Waals surface area (Å²) in [6, 6.07) is 16.5. The molecule has 2 aromatic carbocycles. The summed E-state index contributed by atoms with van der Waals surface area (Å²) in [5.41, 5.74) is 2.59. The SMILES string of the molecule is CCC(C)(CCCc1ccc(O)cc1)[Si](C)(C)OC(C)(C)[Si](C)(C)CCCc1ccc(O)cc1. The number of hydrogen-bond acceptors (Lipinski definition) is 3. The highest BCUT2D eigenvalue weighted by Crippen LogP contribution is 2.49. The first kappa shape index (κ1) is 28.7. The molecule has 3 nitrogen and oxygen atoms in total. The van der Waals surface area contributed by atoms with Crippen LogP contribution in [0, 0.1) is 0 Å². The van der Waals surface area contributed by atoms with Crippen LogP contribution < -0.4 is 0 Å². The molecule has 0 aliphatic heterocycles. The third-order valence-corrected chi connectivity index (χ3v) is 18.4. The zero-order valence-corrected chi connectivity index (χ0v) is 24.9. The molecule has 0 radical (unpaired) electrons. The lowest BCUT2D eigenvalue weighted by Crippen LogP contribution is -2.59. The molecule has 0 heterocycles. The molecular weight excluding hydrogens is 452 g/mol. The summed E-state index contributed by atoms with van der Waals surface area (Å²) in [4.78, 5) is 0. The minimum absolute atomic E-state index is 0.0783. The summed E-state index contributed by atoms with van der Waals surface area (Å²) in [7, 11) is -3.64. The number of aromatic hydroxyl groups is 2. The van der Waals surface area contributed by atoms with Crippen molar-refractivity contribution in [1.82, 2.24) is 0 Å². The quantitative estimate of drug-likeness (QED) is 0.271. The molecule has 0 saturated heterocycles. The molecule has 0 aliphatic carbocycles. The van der Waals surface area contributed by atoms with Gasteiger partial charge in [-0.3, -0.25) is 0 Å². The molecule has 0 aromatic heterocycles. The molecule has 0 spiro atoms. The van der Waals surface area contributed by atoms with E-state index in [0.29, 0.717) is 11.5 Å². The standard InChI is InChI=1S/C29H48O3Si2/c1-9-29(4,22-10-12-24-14-18-26(30)19-15-24)34(7,8)32-28(2,3)33(5,6)23-11-13-25-16-20-27(31)21-17-25/h14-21,30-31H,9-13,22-23H2,1-8H3. The molecule has 0 bridgehead atoms. The monoisotopic (exact) mass is 500 g/mol.